The Morgan fingerprint density at radius 2 is 1.89 bits per heavy atom. The summed E-state index contributed by atoms with van der Waals surface area (Å²) in [5, 5.41) is 12.3. The lowest BCUT2D eigenvalue weighted by atomic mass is 9.98. The molecule has 1 aromatic carbocycles. The molecule has 10 heteroatoms. The van der Waals surface area contributed by atoms with Gasteiger partial charge in [0.2, 0.25) is 5.91 Å². The molecule has 2 aliphatic rings. The van der Waals surface area contributed by atoms with Crippen LogP contribution in [0.4, 0.5) is 16.2 Å². The summed E-state index contributed by atoms with van der Waals surface area (Å²) in [6.07, 6.45) is 4.71. The Kier molecular flexibility index (Phi) is 6.50. The van der Waals surface area contributed by atoms with Crippen LogP contribution in [0.2, 0.25) is 0 Å². The molecule has 0 aromatic heterocycles. The third-order valence-electron chi connectivity index (χ3n) is 4.73. The third kappa shape index (κ3) is 5.00. The first-order chi connectivity index (χ1) is 13.4. The number of carbonyl (C=O) groups is 3. The first kappa shape index (κ1) is 20.1. The molecule has 0 radical (unpaired) electrons. The molecule has 2 amide bonds. The Morgan fingerprint density at radius 3 is 2.54 bits per heavy atom. The van der Waals surface area contributed by atoms with E-state index in [4.69, 9.17) is 4.74 Å². The summed E-state index contributed by atoms with van der Waals surface area (Å²) in [6, 6.07) is 5.65. The van der Waals surface area contributed by atoms with Gasteiger partial charge in [0.25, 0.3) is 10.9 Å². The van der Waals surface area contributed by atoms with Gasteiger partial charge in [0, 0.05) is 17.8 Å². The number of nitrogens with one attached hydrogen (secondary N) is 1. The van der Waals surface area contributed by atoms with Crippen LogP contribution >= 0.6 is 11.8 Å². The fourth-order valence-corrected chi connectivity index (χ4v) is 4.18. The summed E-state index contributed by atoms with van der Waals surface area (Å²) in [5.41, 5.74) is 0.488. The van der Waals surface area contributed by atoms with Crippen LogP contribution in [0.25, 0.3) is 0 Å². The Balaban J connectivity index is 1.49. The largest absolute Gasteiger partial charge is 0.462 e. The van der Waals surface area contributed by atoms with Crippen LogP contribution in [0, 0.1) is 10.1 Å². The van der Waals surface area contributed by atoms with Crippen LogP contribution in [0.5, 0.6) is 0 Å². The highest BCUT2D eigenvalue weighted by Gasteiger charge is 2.41. The van der Waals surface area contributed by atoms with E-state index in [1.807, 2.05) is 0 Å². The van der Waals surface area contributed by atoms with Crippen LogP contribution in [-0.2, 0) is 14.3 Å². The van der Waals surface area contributed by atoms with Crippen molar-refractivity contribution in [1.29, 1.82) is 0 Å². The molecule has 0 spiro atoms. The maximum absolute atomic E-state index is 12.5. The Labute approximate surface area is 165 Å². The van der Waals surface area contributed by atoms with E-state index < -0.39 is 27.3 Å². The van der Waals surface area contributed by atoms with Crippen molar-refractivity contribution in [3.63, 3.8) is 0 Å². The molecule has 1 saturated heterocycles. The van der Waals surface area contributed by atoms with Gasteiger partial charge in [-0.1, -0.05) is 18.2 Å². The fraction of sp³-hybridized carbons (Fsp3) is 0.500. The first-order valence-electron chi connectivity index (χ1n) is 9.14. The molecule has 0 bridgehead atoms. The van der Waals surface area contributed by atoms with Crippen molar-refractivity contribution < 1.29 is 24.0 Å². The molecular formula is C18H21N3O6S. The predicted octanol–water partition coefficient (Wildman–Crippen LogP) is 3.29. The van der Waals surface area contributed by atoms with Gasteiger partial charge < -0.3 is 10.1 Å². The quantitative estimate of drug-likeness (QED) is 0.415. The second-order valence-corrected chi connectivity index (χ2v) is 7.89. The number of hydrogen-bond donors (Lipinski definition) is 1. The number of nitro groups is 1. The van der Waals surface area contributed by atoms with Gasteiger partial charge in [-0.3, -0.25) is 29.4 Å². The number of anilines is 1. The number of amides is 2. The zero-order valence-electron chi connectivity index (χ0n) is 15.2. The van der Waals surface area contributed by atoms with E-state index in [0.717, 1.165) is 48.8 Å². The number of nitro benzene ring substituents is 1. The van der Waals surface area contributed by atoms with E-state index in [1.54, 1.807) is 0 Å². The van der Waals surface area contributed by atoms with Crippen LogP contribution in [0.3, 0.4) is 0 Å². The number of rotatable bonds is 7. The molecule has 150 valence electrons. The van der Waals surface area contributed by atoms with Crippen molar-refractivity contribution in [3.8, 4) is 0 Å². The lowest BCUT2D eigenvalue weighted by Gasteiger charge is -2.22. The molecule has 1 heterocycles. The number of benzene rings is 1. The van der Waals surface area contributed by atoms with E-state index in [0.29, 0.717) is 5.69 Å². The number of nitrogens with zero attached hydrogens (tertiary/aromatic N) is 2. The van der Waals surface area contributed by atoms with E-state index in [2.05, 4.69) is 5.32 Å². The Hall–Kier alpha value is -2.62. The summed E-state index contributed by atoms with van der Waals surface area (Å²) in [7, 11) is 0. The summed E-state index contributed by atoms with van der Waals surface area (Å²) >= 11 is 0.821. The molecule has 1 N–H and O–H groups in total. The summed E-state index contributed by atoms with van der Waals surface area (Å²) in [5.74, 6) is -0.888. The molecule has 1 aliphatic carbocycles. The second kappa shape index (κ2) is 9.05. The zero-order chi connectivity index (χ0) is 20.1. The van der Waals surface area contributed by atoms with Gasteiger partial charge in [-0.05, 0) is 37.8 Å². The lowest BCUT2D eigenvalue weighted by Crippen LogP contribution is -2.36. The first-order valence-corrected chi connectivity index (χ1v) is 10.0. The SMILES string of the molecule is O=C(CC1SC(=O)N(CNc2ccc([N+](=O)[O-])cc2)C1=O)OC1CCCCC1. The fourth-order valence-electron chi connectivity index (χ4n) is 3.21. The minimum absolute atomic E-state index is 0.0500. The maximum atomic E-state index is 12.5. The van der Waals surface area contributed by atoms with Gasteiger partial charge in [0.15, 0.2) is 0 Å². The topological polar surface area (TPSA) is 119 Å². The molecule has 1 atom stereocenters. The smallest absolute Gasteiger partial charge is 0.307 e. The van der Waals surface area contributed by atoms with Crippen molar-refractivity contribution >= 4 is 40.3 Å². The molecule has 3 rings (SSSR count). The molecule has 28 heavy (non-hydrogen) atoms. The van der Waals surface area contributed by atoms with Crippen molar-refractivity contribution in [1.82, 2.24) is 4.90 Å². The Bertz CT molecular complexity index is 763. The van der Waals surface area contributed by atoms with Gasteiger partial charge >= 0.3 is 5.97 Å². The molecule has 1 aromatic rings. The minimum atomic E-state index is -0.776. The van der Waals surface area contributed by atoms with E-state index in [9.17, 15) is 24.5 Å². The van der Waals surface area contributed by atoms with E-state index in [-0.39, 0.29) is 24.9 Å². The number of carbonyl (C=O) groups excluding carboxylic acids is 3. The van der Waals surface area contributed by atoms with Gasteiger partial charge in [-0.2, -0.15) is 0 Å². The van der Waals surface area contributed by atoms with Gasteiger partial charge in [0.1, 0.15) is 11.4 Å². The maximum Gasteiger partial charge on any atom is 0.307 e. The second-order valence-electron chi connectivity index (χ2n) is 6.73. The molecule has 9 nitrogen and oxygen atoms in total. The molecule has 1 aliphatic heterocycles. The van der Waals surface area contributed by atoms with Crippen LogP contribution < -0.4 is 5.32 Å². The zero-order valence-corrected chi connectivity index (χ0v) is 16.0. The number of imide groups is 1. The highest BCUT2D eigenvalue weighted by Crippen LogP contribution is 2.30. The summed E-state index contributed by atoms with van der Waals surface area (Å²) in [4.78, 5) is 47.9. The average Bonchev–Trinajstić information content (AvgIpc) is 2.94. The van der Waals surface area contributed by atoms with Gasteiger partial charge in [-0.25, -0.2) is 0 Å². The highest BCUT2D eigenvalue weighted by atomic mass is 32.2. The number of non-ortho nitro benzene ring substituents is 1. The van der Waals surface area contributed by atoms with Crippen molar-refractivity contribution in [2.45, 2.75) is 49.9 Å². The van der Waals surface area contributed by atoms with Crippen LogP contribution in [0.15, 0.2) is 24.3 Å². The minimum Gasteiger partial charge on any atom is -0.462 e. The molecule has 2 fully saturated rings. The van der Waals surface area contributed by atoms with E-state index >= 15 is 0 Å². The number of esters is 1. The standard InChI is InChI=1S/C18H21N3O6S/c22-16(27-14-4-2-1-3-5-14)10-15-17(23)20(18(24)28-15)11-19-12-6-8-13(9-7-12)21(25)26/h6-9,14-15,19H,1-5,10-11H2. The Morgan fingerprint density at radius 1 is 1.21 bits per heavy atom. The number of hydrogen-bond acceptors (Lipinski definition) is 8. The van der Waals surface area contributed by atoms with Gasteiger partial charge in [-0.15, -0.1) is 0 Å². The predicted molar refractivity (Wildman–Crippen MR) is 103 cm³/mol. The summed E-state index contributed by atoms with van der Waals surface area (Å²) < 4.78 is 5.43. The van der Waals surface area contributed by atoms with Crippen LogP contribution in [-0.4, -0.2) is 45.0 Å². The van der Waals surface area contributed by atoms with Crippen molar-refractivity contribution in [2.75, 3.05) is 12.0 Å². The third-order valence-corrected chi connectivity index (χ3v) is 5.80. The monoisotopic (exact) mass is 407 g/mol. The lowest BCUT2D eigenvalue weighted by molar-refractivity contribution is -0.384. The molecule has 1 unspecified atom stereocenters. The van der Waals surface area contributed by atoms with Gasteiger partial charge in [0.05, 0.1) is 18.0 Å². The normalized spacial score (nSPS) is 20.3. The highest BCUT2D eigenvalue weighted by molar-refractivity contribution is 8.15. The summed E-state index contributed by atoms with van der Waals surface area (Å²) in [6.45, 7) is -0.0728. The average molecular weight is 407 g/mol. The molecular weight excluding hydrogens is 386 g/mol. The number of ether oxygens (including phenoxy) is 1. The molecule has 1 saturated carbocycles. The van der Waals surface area contributed by atoms with Crippen molar-refractivity contribution in [3.05, 3.63) is 34.4 Å². The van der Waals surface area contributed by atoms with Crippen molar-refractivity contribution in [2.24, 2.45) is 0 Å². The number of thioether (sulfide) groups is 1. The van der Waals surface area contributed by atoms with E-state index in [1.165, 1.54) is 24.3 Å². The van der Waals surface area contributed by atoms with Crippen LogP contribution in [0.1, 0.15) is 38.5 Å².